The summed E-state index contributed by atoms with van der Waals surface area (Å²) in [6, 6.07) is 10.9. The van der Waals surface area contributed by atoms with Crippen molar-refractivity contribution in [2.45, 2.75) is 32.4 Å². The maximum atomic E-state index is 13.2. The van der Waals surface area contributed by atoms with E-state index in [4.69, 9.17) is 0 Å². The van der Waals surface area contributed by atoms with Crippen molar-refractivity contribution in [1.82, 2.24) is 15.5 Å². The van der Waals surface area contributed by atoms with Gasteiger partial charge in [0.25, 0.3) is 5.91 Å². The summed E-state index contributed by atoms with van der Waals surface area (Å²) in [7, 11) is 0. The van der Waals surface area contributed by atoms with Crippen LogP contribution in [0.2, 0.25) is 0 Å². The Kier molecular flexibility index (Phi) is 6.27. The van der Waals surface area contributed by atoms with Gasteiger partial charge in [0.2, 0.25) is 5.91 Å². The molecule has 2 N–H and O–H groups in total. The summed E-state index contributed by atoms with van der Waals surface area (Å²) in [5.74, 6) is -2.75. The van der Waals surface area contributed by atoms with Gasteiger partial charge in [0, 0.05) is 36.8 Å². The fourth-order valence-electron chi connectivity index (χ4n) is 3.45. The zero-order valence-corrected chi connectivity index (χ0v) is 16.6. The SMILES string of the molecule is CC(C)(CNC(=O)CNC(=O)c1cc(F)cc(F)c1)N1CCc2ccccc2C1. The minimum atomic E-state index is -0.843. The monoisotopic (exact) mass is 401 g/mol. The number of nitrogens with zero attached hydrogens (tertiary/aromatic N) is 1. The highest BCUT2D eigenvalue weighted by molar-refractivity contribution is 5.96. The maximum absolute atomic E-state index is 13.2. The van der Waals surface area contributed by atoms with Crippen LogP contribution < -0.4 is 10.6 Å². The van der Waals surface area contributed by atoms with E-state index in [1.54, 1.807) is 0 Å². The van der Waals surface area contributed by atoms with Gasteiger partial charge in [-0.3, -0.25) is 14.5 Å². The Morgan fingerprint density at radius 3 is 2.38 bits per heavy atom. The van der Waals surface area contributed by atoms with E-state index in [-0.39, 0.29) is 23.6 Å². The molecule has 5 nitrogen and oxygen atoms in total. The van der Waals surface area contributed by atoms with Gasteiger partial charge in [-0.1, -0.05) is 24.3 Å². The molecule has 0 spiro atoms. The predicted molar refractivity (Wildman–Crippen MR) is 106 cm³/mol. The van der Waals surface area contributed by atoms with Gasteiger partial charge in [0.1, 0.15) is 11.6 Å². The number of amides is 2. The van der Waals surface area contributed by atoms with E-state index in [9.17, 15) is 18.4 Å². The third-order valence-corrected chi connectivity index (χ3v) is 5.24. The second kappa shape index (κ2) is 8.69. The molecule has 7 heteroatoms. The second-order valence-corrected chi connectivity index (χ2v) is 7.87. The van der Waals surface area contributed by atoms with Crippen LogP contribution in [0.5, 0.6) is 0 Å². The molecule has 0 saturated carbocycles. The lowest BCUT2D eigenvalue weighted by Crippen LogP contribution is -2.54. The van der Waals surface area contributed by atoms with Gasteiger partial charge in [-0.05, 0) is 43.5 Å². The summed E-state index contributed by atoms with van der Waals surface area (Å²) < 4.78 is 26.4. The fourth-order valence-corrected chi connectivity index (χ4v) is 3.45. The topological polar surface area (TPSA) is 61.4 Å². The van der Waals surface area contributed by atoms with Gasteiger partial charge in [-0.15, -0.1) is 0 Å². The van der Waals surface area contributed by atoms with Crippen molar-refractivity contribution in [2.75, 3.05) is 19.6 Å². The van der Waals surface area contributed by atoms with Gasteiger partial charge in [-0.25, -0.2) is 8.78 Å². The lowest BCUT2D eigenvalue weighted by Gasteiger charge is -2.41. The van der Waals surface area contributed by atoms with Crippen molar-refractivity contribution >= 4 is 11.8 Å². The predicted octanol–water partition coefficient (Wildman–Crippen LogP) is 2.65. The molecular weight excluding hydrogens is 376 g/mol. The van der Waals surface area contributed by atoms with E-state index in [1.165, 1.54) is 11.1 Å². The van der Waals surface area contributed by atoms with Gasteiger partial charge < -0.3 is 10.6 Å². The van der Waals surface area contributed by atoms with E-state index >= 15 is 0 Å². The standard InChI is InChI=1S/C22H25F2N3O2/c1-22(2,27-8-7-15-5-3-4-6-16(15)13-27)14-26-20(28)12-25-21(29)17-9-18(23)11-19(24)10-17/h3-6,9-11H,7-8,12-14H2,1-2H3,(H,25,29)(H,26,28). The number of carbonyl (C=O) groups is 2. The number of hydrogen-bond acceptors (Lipinski definition) is 3. The summed E-state index contributed by atoms with van der Waals surface area (Å²) in [5, 5.41) is 5.21. The normalized spacial score (nSPS) is 14.2. The van der Waals surface area contributed by atoms with Gasteiger partial charge in [-0.2, -0.15) is 0 Å². The Morgan fingerprint density at radius 2 is 1.69 bits per heavy atom. The quantitative estimate of drug-likeness (QED) is 0.782. The summed E-state index contributed by atoms with van der Waals surface area (Å²) in [4.78, 5) is 26.5. The summed E-state index contributed by atoms with van der Waals surface area (Å²) in [6.45, 7) is 6.00. The van der Waals surface area contributed by atoms with E-state index in [2.05, 4.69) is 41.5 Å². The van der Waals surface area contributed by atoms with Gasteiger partial charge >= 0.3 is 0 Å². The average molecular weight is 401 g/mol. The van der Waals surface area contributed by atoms with E-state index in [0.717, 1.165) is 31.6 Å². The zero-order chi connectivity index (χ0) is 21.0. The summed E-state index contributed by atoms with van der Waals surface area (Å²) in [6.07, 6.45) is 0.966. The first-order valence-corrected chi connectivity index (χ1v) is 9.57. The Morgan fingerprint density at radius 1 is 1.03 bits per heavy atom. The molecule has 2 amide bonds. The average Bonchev–Trinajstić information content (AvgIpc) is 2.69. The van der Waals surface area contributed by atoms with E-state index < -0.39 is 17.5 Å². The molecule has 0 aliphatic carbocycles. The minimum absolute atomic E-state index is 0.164. The Balaban J connectivity index is 1.49. The maximum Gasteiger partial charge on any atom is 0.251 e. The van der Waals surface area contributed by atoms with E-state index in [1.807, 2.05) is 12.1 Å². The summed E-state index contributed by atoms with van der Waals surface area (Å²) >= 11 is 0. The molecule has 154 valence electrons. The van der Waals surface area contributed by atoms with Crippen LogP contribution >= 0.6 is 0 Å². The third-order valence-electron chi connectivity index (χ3n) is 5.24. The van der Waals surface area contributed by atoms with Crippen LogP contribution in [0.3, 0.4) is 0 Å². The molecule has 1 aliphatic rings. The first kappa shape index (κ1) is 20.9. The number of nitrogens with one attached hydrogen (secondary N) is 2. The highest BCUT2D eigenvalue weighted by atomic mass is 19.1. The van der Waals surface area contributed by atoms with Crippen LogP contribution in [-0.2, 0) is 17.8 Å². The van der Waals surface area contributed by atoms with Crippen molar-refractivity contribution in [1.29, 1.82) is 0 Å². The van der Waals surface area contributed by atoms with Crippen LogP contribution in [0.25, 0.3) is 0 Å². The number of fused-ring (bicyclic) bond motifs is 1. The van der Waals surface area contributed by atoms with Gasteiger partial charge in [0.15, 0.2) is 0 Å². The highest BCUT2D eigenvalue weighted by Gasteiger charge is 2.30. The molecule has 0 radical (unpaired) electrons. The van der Waals surface area contributed by atoms with Crippen molar-refractivity contribution in [2.24, 2.45) is 0 Å². The van der Waals surface area contributed by atoms with E-state index in [0.29, 0.717) is 12.6 Å². The molecule has 29 heavy (non-hydrogen) atoms. The number of halogens is 2. The molecule has 0 saturated heterocycles. The van der Waals surface area contributed by atoms with Crippen LogP contribution in [0.1, 0.15) is 35.3 Å². The van der Waals surface area contributed by atoms with Crippen molar-refractivity contribution < 1.29 is 18.4 Å². The highest BCUT2D eigenvalue weighted by Crippen LogP contribution is 2.24. The number of hydrogen-bond donors (Lipinski definition) is 2. The molecule has 0 fully saturated rings. The third kappa shape index (κ3) is 5.38. The van der Waals surface area contributed by atoms with Crippen LogP contribution in [-0.4, -0.2) is 41.9 Å². The van der Waals surface area contributed by atoms with Crippen LogP contribution in [0.4, 0.5) is 8.78 Å². The van der Waals surface area contributed by atoms with Crippen molar-refractivity contribution in [3.8, 4) is 0 Å². The second-order valence-electron chi connectivity index (χ2n) is 7.87. The molecular formula is C22H25F2N3O2. The van der Waals surface area contributed by atoms with Crippen LogP contribution in [0, 0.1) is 11.6 Å². The van der Waals surface area contributed by atoms with Crippen molar-refractivity contribution in [3.05, 3.63) is 70.8 Å². The van der Waals surface area contributed by atoms with Gasteiger partial charge in [0.05, 0.1) is 6.54 Å². The lowest BCUT2D eigenvalue weighted by molar-refractivity contribution is -0.120. The number of rotatable bonds is 6. The Bertz CT molecular complexity index is 894. The molecule has 1 heterocycles. The molecule has 0 bridgehead atoms. The molecule has 1 aliphatic heterocycles. The zero-order valence-electron chi connectivity index (χ0n) is 16.6. The number of benzene rings is 2. The molecule has 3 rings (SSSR count). The molecule has 0 aromatic heterocycles. The molecule has 2 aromatic carbocycles. The van der Waals surface area contributed by atoms with Crippen LogP contribution in [0.15, 0.2) is 42.5 Å². The molecule has 2 aromatic rings. The minimum Gasteiger partial charge on any atom is -0.353 e. The number of carbonyl (C=O) groups excluding carboxylic acids is 2. The smallest absolute Gasteiger partial charge is 0.251 e. The first-order chi connectivity index (χ1) is 13.7. The first-order valence-electron chi connectivity index (χ1n) is 9.57. The Labute approximate surface area is 169 Å². The van der Waals surface area contributed by atoms with Crippen molar-refractivity contribution in [3.63, 3.8) is 0 Å². The largest absolute Gasteiger partial charge is 0.353 e. The fraction of sp³-hybridized carbons (Fsp3) is 0.364. The summed E-state index contributed by atoms with van der Waals surface area (Å²) in [5.41, 5.74) is 2.23. The molecule has 0 atom stereocenters. The Hall–Kier alpha value is -2.80. The molecule has 0 unspecified atom stereocenters. The lowest BCUT2D eigenvalue weighted by atomic mass is 9.94.